The highest BCUT2D eigenvalue weighted by molar-refractivity contribution is 7.12. The van der Waals surface area contributed by atoms with E-state index in [1.54, 1.807) is 26.8 Å². The van der Waals surface area contributed by atoms with Gasteiger partial charge in [0.25, 0.3) is 11.8 Å². The fraction of sp³-hybridized carbons (Fsp3) is 0.450. The van der Waals surface area contributed by atoms with Crippen LogP contribution in [0.4, 0.5) is 0 Å². The third kappa shape index (κ3) is 3.69. The molecule has 0 bridgehead atoms. The summed E-state index contributed by atoms with van der Waals surface area (Å²) in [6, 6.07) is 6.59. The summed E-state index contributed by atoms with van der Waals surface area (Å²) >= 11 is 1.41. The van der Waals surface area contributed by atoms with Crippen molar-refractivity contribution in [2.24, 2.45) is 0 Å². The van der Waals surface area contributed by atoms with Gasteiger partial charge in [0, 0.05) is 32.7 Å². The van der Waals surface area contributed by atoms with Gasteiger partial charge < -0.3 is 19.1 Å². The molecule has 0 radical (unpaired) electrons. The molecule has 2 aromatic rings. The first-order valence-electron chi connectivity index (χ1n) is 9.61. The summed E-state index contributed by atoms with van der Waals surface area (Å²) in [4.78, 5) is 44.3. The maximum absolute atomic E-state index is 13.2. The summed E-state index contributed by atoms with van der Waals surface area (Å²) < 4.78 is 5.18. The molecule has 1 unspecified atom stereocenters. The molecular weight excluding hydrogens is 378 g/mol. The van der Waals surface area contributed by atoms with Crippen molar-refractivity contribution >= 4 is 29.1 Å². The molecule has 0 spiro atoms. The van der Waals surface area contributed by atoms with Crippen molar-refractivity contribution in [3.63, 3.8) is 0 Å². The number of hydrogen-bond acceptors (Lipinski definition) is 5. The molecule has 0 aliphatic carbocycles. The minimum atomic E-state index is -0.407. The Hall–Kier alpha value is -2.61. The number of carbonyl (C=O) groups is 3. The Bertz CT molecular complexity index is 826. The van der Waals surface area contributed by atoms with Crippen LogP contribution in [-0.4, -0.2) is 71.2 Å². The van der Waals surface area contributed by atoms with Crippen LogP contribution < -0.4 is 0 Å². The van der Waals surface area contributed by atoms with Crippen molar-refractivity contribution in [3.05, 3.63) is 46.5 Å². The van der Waals surface area contributed by atoms with Gasteiger partial charge in [-0.2, -0.15) is 0 Å². The van der Waals surface area contributed by atoms with Gasteiger partial charge in [0.15, 0.2) is 5.76 Å². The first kappa shape index (κ1) is 18.7. The van der Waals surface area contributed by atoms with E-state index in [1.165, 1.54) is 17.6 Å². The van der Waals surface area contributed by atoms with Crippen molar-refractivity contribution < 1.29 is 18.8 Å². The number of thiophene rings is 1. The van der Waals surface area contributed by atoms with Crippen LogP contribution in [0.3, 0.4) is 0 Å². The summed E-state index contributed by atoms with van der Waals surface area (Å²) in [5.74, 6) is 0.110. The zero-order valence-electron chi connectivity index (χ0n) is 15.6. The zero-order chi connectivity index (χ0) is 19.5. The molecule has 2 aromatic heterocycles. The summed E-state index contributed by atoms with van der Waals surface area (Å²) in [5.41, 5.74) is 0. The van der Waals surface area contributed by atoms with Crippen molar-refractivity contribution in [2.45, 2.75) is 25.3 Å². The van der Waals surface area contributed by atoms with Gasteiger partial charge in [-0.05, 0) is 42.8 Å². The molecule has 3 amide bonds. The molecule has 8 heteroatoms. The second-order valence-corrected chi connectivity index (χ2v) is 8.03. The van der Waals surface area contributed by atoms with Crippen LogP contribution in [0.5, 0.6) is 0 Å². The minimum absolute atomic E-state index is 0.00490. The van der Waals surface area contributed by atoms with E-state index >= 15 is 0 Å². The second kappa shape index (κ2) is 8.18. The third-order valence-electron chi connectivity index (χ3n) is 5.39. The molecule has 2 aliphatic rings. The monoisotopic (exact) mass is 401 g/mol. The van der Waals surface area contributed by atoms with Gasteiger partial charge in [-0.15, -0.1) is 11.3 Å². The molecule has 1 atom stereocenters. The number of likely N-dealkylation sites (tertiary alicyclic amines) is 1. The van der Waals surface area contributed by atoms with E-state index in [2.05, 4.69) is 0 Å². The average Bonchev–Trinajstić information content (AvgIpc) is 3.46. The number of piperazine rings is 1. The van der Waals surface area contributed by atoms with Crippen molar-refractivity contribution in [1.82, 2.24) is 14.7 Å². The Balaban J connectivity index is 1.39. The standard InChI is InChI=1S/C20H23N3O4S/c24-18(15-5-1-2-8-23(15)20(26)17-7-4-14-28-17)21-9-11-22(12-10-21)19(25)16-6-3-13-27-16/h3-4,6-7,13-15H,1-2,5,8-12H2. The Morgan fingerprint density at radius 1 is 0.929 bits per heavy atom. The third-order valence-corrected chi connectivity index (χ3v) is 6.25. The van der Waals surface area contributed by atoms with E-state index in [-0.39, 0.29) is 17.7 Å². The number of nitrogens with zero attached hydrogens (tertiary/aromatic N) is 3. The Morgan fingerprint density at radius 2 is 1.71 bits per heavy atom. The normalized spacial score (nSPS) is 20.3. The Labute approximate surface area is 167 Å². The molecule has 148 valence electrons. The number of piperidine rings is 1. The van der Waals surface area contributed by atoms with Crippen LogP contribution in [0.15, 0.2) is 40.3 Å². The van der Waals surface area contributed by atoms with E-state index in [4.69, 9.17) is 4.42 Å². The number of amides is 3. The first-order chi connectivity index (χ1) is 13.6. The highest BCUT2D eigenvalue weighted by Gasteiger charge is 2.37. The molecular formula is C20H23N3O4S. The number of rotatable bonds is 3. The van der Waals surface area contributed by atoms with Crippen LogP contribution >= 0.6 is 11.3 Å². The lowest BCUT2D eigenvalue weighted by Gasteiger charge is -2.40. The largest absolute Gasteiger partial charge is 0.459 e. The van der Waals surface area contributed by atoms with Crippen molar-refractivity contribution in [3.8, 4) is 0 Å². The molecule has 0 saturated carbocycles. The van der Waals surface area contributed by atoms with E-state index in [9.17, 15) is 14.4 Å². The van der Waals surface area contributed by atoms with Gasteiger partial charge in [0.1, 0.15) is 6.04 Å². The fourth-order valence-electron chi connectivity index (χ4n) is 3.87. The quantitative estimate of drug-likeness (QED) is 0.791. The molecule has 4 heterocycles. The summed E-state index contributed by atoms with van der Waals surface area (Å²) in [5, 5.41) is 1.88. The molecule has 2 saturated heterocycles. The molecule has 2 fully saturated rings. The number of furan rings is 1. The van der Waals surface area contributed by atoms with Gasteiger partial charge in [-0.25, -0.2) is 0 Å². The van der Waals surface area contributed by atoms with Gasteiger partial charge in [0.2, 0.25) is 5.91 Å². The molecule has 0 aromatic carbocycles. The number of carbonyl (C=O) groups excluding carboxylic acids is 3. The van der Waals surface area contributed by atoms with Crippen molar-refractivity contribution in [1.29, 1.82) is 0 Å². The van der Waals surface area contributed by atoms with Crippen LogP contribution in [0.2, 0.25) is 0 Å². The highest BCUT2D eigenvalue weighted by Crippen LogP contribution is 2.24. The van der Waals surface area contributed by atoms with Crippen LogP contribution in [-0.2, 0) is 4.79 Å². The summed E-state index contributed by atoms with van der Waals surface area (Å²) in [6.07, 6.45) is 4.05. The van der Waals surface area contributed by atoms with Gasteiger partial charge in [-0.3, -0.25) is 14.4 Å². The number of hydrogen-bond donors (Lipinski definition) is 0. The Kier molecular flexibility index (Phi) is 5.47. The van der Waals surface area contributed by atoms with Gasteiger partial charge in [-0.1, -0.05) is 6.07 Å². The van der Waals surface area contributed by atoms with Crippen LogP contribution in [0.25, 0.3) is 0 Å². The molecule has 0 N–H and O–H groups in total. The predicted molar refractivity (Wildman–Crippen MR) is 104 cm³/mol. The lowest BCUT2D eigenvalue weighted by Crippen LogP contribution is -2.57. The van der Waals surface area contributed by atoms with E-state index in [0.717, 1.165) is 12.8 Å². The SMILES string of the molecule is O=C(c1ccco1)N1CCN(C(=O)C2CCCCN2C(=O)c2cccs2)CC1. The average molecular weight is 401 g/mol. The van der Waals surface area contributed by atoms with Crippen molar-refractivity contribution in [2.75, 3.05) is 32.7 Å². The maximum atomic E-state index is 13.2. The molecule has 4 rings (SSSR count). The molecule has 2 aliphatic heterocycles. The van der Waals surface area contributed by atoms with Crippen LogP contribution in [0, 0.1) is 0 Å². The van der Waals surface area contributed by atoms with E-state index in [1.807, 2.05) is 17.5 Å². The minimum Gasteiger partial charge on any atom is -0.459 e. The molecule has 7 nitrogen and oxygen atoms in total. The maximum Gasteiger partial charge on any atom is 0.289 e. The zero-order valence-corrected chi connectivity index (χ0v) is 16.4. The summed E-state index contributed by atoms with van der Waals surface area (Å²) in [7, 11) is 0. The predicted octanol–water partition coefficient (Wildman–Crippen LogP) is 2.32. The lowest BCUT2D eigenvalue weighted by molar-refractivity contribution is -0.138. The topological polar surface area (TPSA) is 74.1 Å². The second-order valence-electron chi connectivity index (χ2n) is 7.08. The first-order valence-corrected chi connectivity index (χ1v) is 10.5. The Morgan fingerprint density at radius 3 is 2.39 bits per heavy atom. The fourth-order valence-corrected chi connectivity index (χ4v) is 4.55. The lowest BCUT2D eigenvalue weighted by atomic mass is 10.00. The summed E-state index contributed by atoms with van der Waals surface area (Å²) in [6.45, 7) is 2.50. The molecule has 28 heavy (non-hydrogen) atoms. The highest BCUT2D eigenvalue weighted by atomic mass is 32.1. The smallest absolute Gasteiger partial charge is 0.289 e. The van der Waals surface area contributed by atoms with Crippen LogP contribution in [0.1, 0.15) is 39.5 Å². The van der Waals surface area contributed by atoms with E-state index in [0.29, 0.717) is 49.8 Å². The van der Waals surface area contributed by atoms with Gasteiger partial charge >= 0.3 is 0 Å². The van der Waals surface area contributed by atoms with E-state index < -0.39 is 6.04 Å². The van der Waals surface area contributed by atoms with Gasteiger partial charge in [0.05, 0.1) is 11.1 Å².